The number of ether oxygens (including phenoxy) is 1. The maximum atomic E-state index is 6.46. The van der Waals surface area contributed by atoms with Gasteiger partial charge in [0.05, 0.1) is 12.6 Å². The van der Waals surface area contributed by atoms with Gasteiger partial charge >= 0.3 is 0 Å². The molecule has 2 aromatic rings. The Kier molecular flexibility index (Phi) is 2.78. The van der Waals surface area contributed by atoms with Crippen LogP contribution in [0.1, 0.15) is 40.3 Å². The minimum atomic E-state index is -0.0354. The van der Waals surface area contributed by atoms with Crippen LogP contribution in [0.25, 0.3) is 0 Å². The van der Waals surface area contributed by atoms with E-state index in [-0.39, 0.29) is 6.04 Å². The SMILES string of the molecule is NC(c1ccc2c(c1)CCC2)c1ccc2c(c1)CCO2. The Morgan fingerprint density at radius 1 is 0.850 bits per heavy atom. The first-order valence-corrected chi connectivity index (χ1v) is 7.44. The fraction of sp³-hybridized carbons (Fsp3) is 0.333. The molecule has 4 rings (SSSR count). The standard InChI is InChI=1S/C18H19NO/c19-18(15-5-4-12-2-1-3-13(12)10-15)16-6-7-17-14(11-16)8-9-20-17/h4-7,10-11,18H,1-3,8-9,19H2. The van der Waals surface area contributed by atoms with Gasteiger partial charge in [0.25, 0.3) is 0 Å². The number of aryl methyl sites for hydroxylation is 2. The summed E-state index contributed by atoms with van der Waals surface area (Å²) >= 11 is 0. The Labute approximate surface area is 119 Å². The van der Waals surface area contributed by atoms with Crippen molar-refractivity contribution in [1.29, 1.82) is 0 Å². The Morgan fingerprint density at radius 2 is 1.60 bits per heavy atom. The fourth-order valence-corrected chi connectivity index (χ4v) is 3.38. The molecule has 2 aromatic carbocycles. The van der Waals surface area contributed by atoms with E-state index in [1.165, 1.54) is 47.1 Å². The summed E-state index contributed by atoms with van der Waals surface area (Å²) in [7, 11) is 0. The summed E-state index contributed by atoms with van der Waals surface area (Å²) in [5.74, 6) is 1.02. The first-order chi connectivity index (χ1) is 9.81. The third-order valence-corrected chi connectivity index (χ3v) is 4.55. The van der Waals surface area contributed by atoms with Crippen LogP contribution in [0.15, 0.2) is 36.4 Å². The van der Waals surface area contributed by atoms with Crippen molar-refractivity contribution in [2.24, 2.45) is 5.73 Å². The molecule has 2 N–H and O–H groups in total. The average Bonchev–Trinajstić information content (AvgIpc) is 3.13. The topological polar surface area (TPSA) is 35.2 Å². The number of rotatable bonds is 2. The molecule has 102 valence electrons. The zero-order valence-corrected chi connectivity index (χ0v) is 11.6. The molecule has 0 fully saturated rings. The highest BCUT2D eigenvalue weighted by Crippen LogP contribution is 2.31. The van der Waals surface area contributed by atoms with Crippen molar-refractivity contribution in [2.45, 2.75) is 31.7 Å². The molecule has 20 heavy (non-hydrogen) atoms. The smallest absolute Gasteiger partial charge is 0.122 e. The van der Waals surface area contributed by atoms with E-state index < -0.39 is 0 Å². The van der Waals surface area contributed by atoms with Gasteiger partial charge in [-0.15, -0.1) is 0 Å². The number of hydrogen-bond acceptors (Lipinski definition) is 2. The van der Waals surface area contributed by atoms with Crippen molar-refractivity contribution in [2.75, 3.05) is 6.61 Å². The second-order valence-electron chi connectivity index (χ2n) is 5.82. The maximum Gasteiger partial charge on any atom is 0.122 e. The minimum absolute atomic E-state index is 0.0354. The monoisotopic (exact) mass is 265 g/mol. The van der Waals surface area contributed by atoms with Crippen molar-refractivity contribution >= 4 is 0 Å². The first kappa shape index (κ1) is 12.0. The predicted octanol–water partition coefficient (Wildman–Crippen LogP) is 3.16. The third-order valence-electron chi connectivity index (χ3n) is 4.55. The molecule has 2 nitrogen and oxygen atoms in total. The van der Waals surface area contributed by atoms with Crippen molar-refractivity contribution in [3.8, 4) is 5.75 Å². The molecule has 0 aromatic heterocycles. The van der Waals surface area contributed by atoms with Crippen LogP contribution in [0.5, 0.6) is 5.75 Å². The molecular formula is C18H19NO. The van der Waals surface area contributed by atoms with Gasteiger partial charge in [0, 0.05) is 6.42 Å². The van der Waals surface area contributed by atoms with Crippen molar-refractivity contribution in [3.05, 3.63) is 64.2 Å². The highest BCUT2D eigenvalue weighted by molar-refractivity contribution is 5.45. The Hall–Kier alpha value is -1.80. The quantitative estimate of drug-likeness (QED) is 0.905. The predicted molar refractivity (Wildman–Crippen MR) is 80.1 cm³/mol. The van der Waals surface area contributed by atoms with Gasteiger partial charge in [-0.1, -0.05) is 30.3 Å². The van der Waals surface area contributed by atoms with E-state index in [4.69, 9.17) is 10.5 Å². The molecule has 0 bridgehead atoms. The third kappa shape index (κ3) is 1.92. The van der Waals surface area contributed by atoms with Crippen LogP contribution in [0, 0.1) is 0 Å². The van der Waals surface area contributed by atoms with Crippen LogP contribution in [0.4, 0.5) is 0 Å². The summed E-state index contributed by atoms with van der Waals surface area (Å²) in [4.78, 5) is 0. The molecule has 2 heteroatoms. The zero-order valence-electron chi connectivity index (χ0n) is 11.6. The Balaban J connectivity index is 1.68. The van der Waals surface area contributed by atoms with E-state index in [2.05, 4.69) is 36.4 Å². The molecule has 0 amide bonds. The van der Waals surface area contributed by atoms with E-state index in [1.807, 2.05) is 0 Å². The van der Waals surface area contributed by atoms with Gasteiger partial charge in [-0.3, -0.25) is 0 Å². The Bertz CT molecular complexity index is 605. The molecule has 1 atom stereocenters. The number of fused-ring (bicyclic) bond motifs is 2. The van der Waals surface area contributed by atoms with Crippen LogP contribution in [0.2, 0.25) is 0 Å². The molecule has 0 spiro atoms. The lowest BCUT2D eigenvalue weighted by molar-refractivity contribution is 0.357. The van der Waals surface area contributed by atoms with Crippen LogP contribution < -0.4 is 10.5 Å². The highest BCUT2D eigenvalue weighted by Gasteiger charge is 2.17. The van der Waals surface area contributed by atoms with Crippen LogP contribution >= 0.6 is 0 Å². The minimum Gasteiger partial charge on any atom is -0.493 e. The van der Waals surface area contributed by atoms with Gasteiger partial charge < -0.3 is 10.5 Å². The summed E-state index contributed by atoms with van der Waals surface area (Å²) in [6.07, 6.45) is 4.71. The van der Waals surface area contributed by atoms with Crippen LogP contribution in [0.3, 0.4) is 0 Å². The van der Waals surface area contributed by atoms with Gasteiger partial charge in [0.1, 0.15) is 5.75 Å². The molecule has 0 saturated heterocycles. The maximum absolute atomic E-state index is 6.46. The number of benzene rings is 2. The van der Waals surface area contributed by atoms with Crippen LogP contribution in [-0.4, -0.2) is 6.61 Å². The molecule has 0 radical (unpaired) electrons. The summed E-state index contributed by atoms with van der Waals surface area (Å²) in [6, 6.07) is 13.1. The van der Waals surface area contributed by atoms with E-state index in [0.717, 1.165) is 18.8 Å². The van der Waals surface area contributed by atoms with Crippen molar-refractivity contribution in [1.82, 2.24) is 0 Å². The molecule has 1 unspecified atom stereocenters. The van der Waals surface area contributed by atoms with Gasteiger partial charge in [0.2, 0.25) is 0 Å². The van der Waals surface area contributed by atoms with Gasteiger partial charge in [0.15, 0.2) is 0 Å². The van der Waals surface area contributed by atoms with E-state index in [9.17, 15) is 0 Å². The van der Waals surface area contributed by atoms with E-state index in [0.29, 0.717) is 0 Å². The molecule has 1 aliphatic heterocycles. The summed E-state index contributed by atoms with van der Waals surface area (Å²) in [5.41, 5.74) is 13.2. The van der Waals surface area contributed by atoms with E-state index in [1.54, 1.807) is 0 Å². The van der Waals surface area contributed by atoms with Crippen molar-refractivity contribution in [3.63, 3.8) is 0 Å². The second-order valence-corrected chi connectivity index (χ2v) is 5.82. The van der Waals surface area contributed by atoms with E-state index >= 15 is 0 Å². The lowest BCUT2D eigenvalue weighted by Crippen LogP contribution is -2.12. The number of hydrogen-bond donors (Lipinski definition) is 1. The average molecular weight is 265 g/mol. The first-order valence-electron chi connectivity index (χ1n) is 7.44. The summed E-state index contributed by atoms with van der Waals surface area (Å²) in [6.45, 7) is 0.798. The largest absolute Gasteiger partial charge is 0.493 e. The Morgan fingerprint density at radius 3 is 2.50 bits per heavy atom. The number of nitrogens with two attached hydrogens (primary N) is 1. The summed E-state index contributed by atoms with van der Waals surface area (Å²) < 4.78 is 5.56. The normalized spacial score (nSPS) is 17.4. The molecule has 0 saturated carbocycles. The van der Waals surface area contributed by atoms with Crippen molar-refractivity contribution < 1.29 is 4.74 Å². The lowest BCUT2D eigenvalue weighted by atomic mass is 9.95. The fourth-order valence-electron chi connectivity index (χ4n) is 3.38. The zero-order chi connectivity index (χ0) is 13.5. The summed E-state index contributed by atoms with van der Waals surface area (Å²) in [5, 5.41) is 0. The molecule has 2 aliphatic rings. The second kappa shape index (κ2) is 4.64. The molecule has 1 aliphatic carbocycles. The van der Waals surface area contributed by atoms with Gasteiger partial charge in [-0.2, -0.15) is 0 Å². The van der Waals surface area contributed by atoms with Gasteiger partial charge in [-0.25, -0.2) is 0 Å². The highest BCUT2D eigenvalue weighted by atomic mass is 16.5. The van der Waals surface area contributed by atoms with Crippen LogP contribution in [-0.2, 0) is 19.3 Å². The molecular weight excluding hydrogens is 246 g/mol. The van der Waals surface area contributed by atoms with Gasteiger partial charge in [-0.05, 0) is 53.1 Å². The lowest BCUT2D eigenvalue weighted by Gasteiger charge is -2.15. The molecule has 1 heterocycles.